The second-order valence-corrected chi connectivity index (χ2v) is 4.71. The first-order valence-corrected chi connectivity index (χ1v) is 6.34. The van der Waals surface area contributed by atoms with Crippen molar-refractivity contribution in [1.82, 2.24) is 4.98 Å². The number of hydrogen-bond acceptors (Lipinski definition) is 4. The van der Waals surface area contributed by atoms with Crippen molar-refractivity contribution in [2.24, 2.45) is 0 Å². The number of nitrogens with zero attached hydrogens (tertiary/aromatic N) is 1. The Labute approximate surface area is 105 Å². The quantitative estimate of drug-likeness (QED) is 0.906. The Hall–Kier alpha value is -1.39. The van der Waals surface area contributed by atoms with Gasteiger partial charge in [-0.1, -0.05) is 6.92 Å². The van der Waals surface area contributed by atoms with E-state index in [1.165, 1.54) is 0 Å². The molecule has 90 valence electrons. The third-order valence-electron chi connectivity index (χ3n) is 2.59. The molecule has 1 heterocycles. The highest BCUT2D eigenvalue weighted by Crippen LogP contribution is 2.29. The van der Waals surface area contributed by atoms with Crippen LogP contribution in [0.25, 0.3) is 10.6 Å². The van der Waals surface area contributed by atoms with Crippen LogP contribution in [0.3, 0.4) is 0 Å². The van der Waals surface area contributed by atoms with Crippen LogP contribution in [0, 0.1) is 0 Å². The Morgan fingerprint density at radius 3 is 2.47 bits per heavy atom. The van der Waals surface area contributed by atoms with E-state index in [0.717, 1.165) is 33.3 Å². The number of aromatic nitrogens is 1. The molecule has 1 aromatic heterocycles. The van der Waals surface area contributed by atoms with E-state index in [0.29, 0.717) is 0 Å². The Morgan fingerprint density at radius 1 is 1.29 bits per heavy atom. The lowest BCUT2D eigenvalue weighted by atomic mass is 10.2. The topological polar surface area (TPSA) is 42.4 Å². The Balaban J connectivity index is 2.35. The predicted octanol–water partition coefficient (Wildman–Crippen LogP) is 2.87. The average molecular weight is 249 g/mol. The van der Waals surface area contributed by atoms with Gasteiger partial charge in [-0.15, -0.1) is 11.3 Å². The summed E-state index contributed by atoms with van der Waals surface area (Å²) in [5.74, 6) is 0.836. The second kappa shape index (κ2) is 5.29. The zero-order valence-corrected chi connectivity index (χ0v) is 10.8. The minimum absolute atomic E-state index is 0.00975. The summed E-state index contributed by atoms with van der Waals surface area (Å²) in [4.78, 5) is 5.60. The van der Waals surface area contributed by atoms with Crippen LogP contribution in [0.4, 0.5) is 0 Å². The molecule has 3 nitrogen and oxygen atoms in total. The molecule has 1 N–H and O–H groups in total. The van der Waals surface area contributed by atoms with Crippen molar-refractivity contribution < 1.29 is 9.84 Å². The summed E-state index contributed by atoms with van der Waals surface area (Å²) >= 11 is 1.64. The highest BCUT2D eigenvalue weighted by atomic mass is 32.1. The maximum atomic E-state index is 9.22. The Morgan fingerprint density at radius 2 is 2.00 bits per heavy atom. The number of aryl methyl sites for hydroxylation is 1. The lowest BCUT2D eigenvalue weighted by molar-refractivity contribution is 0.276. The summed E-state index contributed by atoms with van der Waals surface area (Å²) in [6, 6.07) is 7.80. The van der Waals surface area contributed by atoms with Crippen molar-refractivity contribution >= 4 is 11.3 Å². The molecule has 0 spiro atoms. The molecule has 0 amide bonds. The van der Waals surface area contributed by atoms with Gasteiger partial charge in [0, 0.05) is 10.4 Å². The standard InChI is InChI=1S/C13H15NO2S/c1-3-12-11(8-15)14-13(17-12)9-4-6-10(16-2)7-5-9/h4-7,15H,3,8H2,1-2H3. The van der Waals surface area contributed by atoms with Gasteiger partial charge in [-0.2, -0.15) is 0 Å². The molecule has 0 aliphatic carbocycles. The van der Waals surface area contributed by atoms with E-state index in [9.17, 15) is 5.11 Å². The monoisotopic (exact) mass is 249 g/mol. The zero-order chi connectivity index (χ0) is 12.3. The normalized spacial score (nSPS) is 10.5. The van der Waals surface area contributed by atoms with Gasteiger partial charge in [-0.05, 0) is 30.7 Å². The molecule has 0 aliphatic rings. The highest BCUT2D eigenvalue weighted by Gasteiger charge is 2.10. The number of aliphatic hydroxyl groups excluding tert-OH is 1. The number of benzene rings is 1. The van der Waals surface area contributed by atoms with Crippen LogP contribution in [-0.2, 0) is 13.0 Å². The number of thiazole rings is 1. The van der Waals surface area contributed by atoms with Crippen molar-refractivity contribution in [1.29, 1.82) is 0 Å². The molecule has 4 heteroatoms. The highest BCUT2D eigenvalue weighted by molar-refractivity contribution is 7.15. The van der Waals surface area contributed by atoms with Crippen molar-refractivity contribution in [3.8, 4) is 16.3 Å². The Bertz CT molecular complexity index is 469. The molecule has 2 aromatic rings. The van der Waals surface area contributed by atoms with E-state index >= 15 is 0 Å². The van der Waals surface area contributed by atoms with Crippen molar-refractivity contribution in [3.63, 3.8) is 0 Å². The minimum atomic E-state index is 0.00975. The van der Waals surface area contributed by atoms with E-state index in [1.807, 2.05) is 24.3 Å². The maximum absolute atomic E-state index is 9.22. The van der Waals surface area contributed by atoms with Crippen LogP contribution in [0.15, 0.2) is 24.3 Å². The van der Waals surface area contributed by atoms with Gasteiger partial charge in [0.15, 0.2) is 0 Å². The average Bonchev–Trinajstić information content (AvgIpc) is 2.82. The van der Waals surface area contributed by atoms with E-state index < -0.39 is 0 Å². The molecule has 1 aromatic carbocycles. The second-order valence-electron chi connectivity index (χ2n) is 3.63. The van der Waals surface area contributed by atoms with Crippen LogP contribution in [0.5, 0.6) is 5.75 Å². The number of rotatable bonds is 4. The van der Waals surface area contributed by atoms with Gasteiger partial charge < -0.3 is 9.84 Å². The van der Waals surface area contributed by atoms with Gasteiger partial charge in [0.1, 0.15) is 10.8 Å². The lowest BCUT2D eigenvalue weighted by Gasteiger charge is -1.99. The summed E-state index contributed by atoms with van der Waals surface area (Å²) in [7, 11) is 1.65. The van der Waals surface area contributed by atoms with Crippen LogP contribution >= 0.6 is 11.3 Å². The van der Waals surface area contributed by atoms with E-state index in [4.69, 9.17) is 4.74 Å². The molecule has 0 saturated carbocycles. The molecule has 0 radical (unpaired) electrons. The molecule has 0 bridgehead atoms. The van der Waals surface area contributed by atoms with Crippen LogP contribution in [-0.4, -0.2) is 17.2 Å². The third kappa shape index (κ3) is 2.48. The van der Waals surface area contributed by atoms with Crippen molar-refractivity contribution in [3.05, 3.63) is 34.8 Å². The first-order chi connectivity index (χ1) is 8.28. The number of aliphatic hydroxyl groups is 1. The molecule has 0 unspecified atom stereocenters. The van der Waals surface area contributed by atoms with Gasteiger partial charge >= 0.3 is 0 Å². The molecule has 0 atom stereocenters. The summed E-state index contributed by atoms with van der Waals surface area (Å²) in [6.07, 6.45) is 0.906. The van der Waals surface area contributed by atoms with E-state index in [2.05, 4.69) is 11.9 Å². The molecule has 0 fully saturated rings. The summed E-state index contributed by atoms with van der Waals surface area (Å²) < 4.78 is 5.12. The first kappa shape index (κ1) is 12.1. The summed E-state index contributed by atoms with van der Waals surface area (Å²) in [5, 5.41) is 10.2. The predicted molar refractivity (Wildman–Crippen MR) is 69.4 cm³/mol. The fraction of sp³-hybridized carbons (Fsp3) is 0.308. The van der Waals surface area contributed by atoms with Crippen LogP contribution in [0.2, 0.25) is 0 Å². The number of ether oxygens (including phenoxy) is 1. The fourth-order valence-corrected chi connectivity index (χ4v) is 2.66. The van der Waals surface area contributed by atoms with Crippen LogP contribution in [0.1, 0.15) is 17.5 Å². The van der Waals surface area contributed by atoms with Gasteiger partial charge in [0.25, 0.3) is 0 Å². The third-order valence-corrected chi connectivity index (χ3v) is 3.88. The van der Waals surface area contributed by atoms with Crippen LogP contribution < -0.4 is 4.74 Å². The van der Waals surface area contributed by atoms with Gasteiger partial charge in [0.05, 0.1) is 19.4 Å². The van der Waals surface area contributed by atoms with Gasteiger partial charge in [0.2, 0.25) is 0 Å². The van der Waals surface area contributed by atoms with E-state index in [-0.39, 0.29) is 6.61 Å². The molecular formula is C13H15NO2S. The number of hydrogen-bond donors (Lipinski definition) is 1. The maximum Gasteiger partial charge on any atom is 0.123 e. The molecule has 2 rings (SSSR count). The molecule has 17 heavy (non-hydrogen) atoms. The van der Waals surface area contributed by atoms with E-state index in [1.54, 1.807) is 18.4 Å². The zero-order valence-electron chi connectivity index (χ0n) is 9.93. The lowest BCUT2D eigenvalue weighted by Crippen LogP contribution is -1.88. The first-order valence-electron chi connectivity index (χ1n) is 5.52. The summed E-state index contributed by atoms with van der Waals surface area (Å²) in [6.45, 7) is 2.08. The number of methoxy groups -OCH3 is 1. The smallest absolute Gasteiger partial charge is 0.123 e. The SMILES string of the molecule is CCc1sc(-c2ccc(OC)cc2)nc1CO. The summed E-state index contributed by atoms with van der Waals surface area (Å²) in [5.41, 5.74) is 1.86. The van der Waals surface area contributed by atoms with Crippen molar-refractivity contribution in [2.45, 2.75) is 20.0 Å². The largest absolute Gasteiger partial charge is 0.497 e. The molecule has 0 saturated heterocycles. The Kier molecular flexibility index (Phi) is 3.76. The fourth-order valence-electron chi connectivity index (χ4n) is 1.64. The molecular weight excluding hydrogens is 234 g/mol. The van der Waals surface area contributed by atoms with Crippen molar-refractivity contribution in [2.75, 3.05) is 7.11 Å². The van der Waals surface area contributed by atoms with Gasteiger partial charge in [-0.25, -0.2) is 4.98 Å². The van der Waals surface area contributed by atoms with Gasteiger partial charge in [-0.3, -0.25) is 0 Å². The molecule has 0 aliphatic heterocycles. The minimum Gasteiger partial charge on any atom is -0.497 e.